The smallest absolute Gasteiger partial charge is 0.338 e. The summed E-state index contributed by atoms with van der Waals surface area (Å²) in [5.74, 6) is -2.51. The molecule has 6 nitrogen and oxygen atoms in total. The number of carboxylic acid groups (broad SMARTS) is 1. The van der Waals surface area contributed by atoms with Crippen molar-refractivity contribution in [2.45, 2.75) is 18.4 Å². The van der Waals surface area contributed by atoms with E-state index in [4.69, 9.17) is 5.11 Å². The van der Waals surface area contributed by atoms with Gasteiger partial charge in [-0.1, -0.05) is 0 Å². The maximum atomic E-state index is 13.3. The first-order valence-electron chi connectivity index (χ1n) is 5.73. The minimum Gasteiger partial charge on any atom is -0.478 e. The predicted molar refractivity (Wildman–Crippen MR) is 74.2 cm³/mol. The summed E-state index contributed by atoms with van der Waals surface area (Å²) in [6.45, 7) is 1.79. The first-order chi connectivity index (χ1) is 9.81. The van der Waals surface area contributed by atoms with Crippen LogP contribution in [-0.2, 0) is 16.6 Å². The van der Waals surface area contributed by atoms with E-state index < -0.39 is 27.4 Å². The molecule has 1 aromatic carbocycles. The fraction of sp³-hybridized carbons (Fsp3) is 0.167. The fourth-order valence-electron chi connectivity index (χ4n) is 1.58. The zero-order valence-corrected chi connectivity index (χ0v) is 12.5. The third-order valence-corrected chi connectivity index (χ3v) is 5.08. The van der Waals surface area contributed by atoms with Crippen LogP contribution >= 0.6 is 11.3 Å². The molecule has 0 saturated carbocycles. The Morgan fingerprint density at radius 3 is 2.76 bits per heavy atom. The van der Waals surface area contributed by atoms with E-state index in [1.54, 1.807) is 12.4 Å². The molecule has 0 amide bonds. The number of rotatable bonds is 5. The Morgan fingerprint density at radius 1 is 1.48 bits per heavy atom. The second-order valence-corrected chi connectivity index (χ2v) is 6.84. The topological polar surface area (TPSA) is 96.4 Å². The number of benzene rings is 1. The van der Waals surface area contributed by atoms with Crippen LogP contribution in [0.4, 0.5) is 4.39 Å². The van der Waals surface area contributed by atoms with E-state index in [-0.39, 0.29) is 11.4 Å². The molecule has 9 heteroatoms. The Kier molecular flexibility index (Phi) is 4.35. The lowest BCUT2D eigenvalue weighted by Crippen LogP contribution is -2.23. The number of aromatic carboxylic acids is 1. The molecule has 0 atom stereocenters. The van der Waals surface area contributed by atoms with Crippen LogP contribution < -0.4 is 4.72 Å². The molecular formula is C12H11FN2O4S2. The van der Waals surface area contributed by atoms with Crippen molar-refractivity contribution in [3.05, 3.63) is 45.7 Å². The van der Waals surface area contributed by atoms with Gasteiger partial charge in [-0.05, 0) is 25.1 Å². The Morgan fingerprint density at radius 2 is 2.19 bits per heavy atom. The van der Waals surface area contributed by atoms with Crippen LogP contribution in [0.5, 0.6) is 0 Å². The van der Waals surface area contributed by atoms with Crippen molar-refractivity contribution in [2.75, 3.05) is 0 Å². The molecule has 0 spiro atoms. The van der Waals surface area contributed by atoms with Gasteiger partial charge in [0.15, 0.2) is 0 Å². The summed E-state index contributed by atoms with van der Waals surface area (Å²) in [6, 6.07) is 2.62. The molecule has 0 saturated heterocycles. The zero-order chi connectivity index (χ0) is 15.6. The van der Waals surface area contributed by atoms with Crippen molar-refractivity contribution >= 4 is 27.3 Å². The average Bonchev–Trinajstić information content (AvgIpc) is 2.82. The van der Waals surface area contributed by atoms with Crippen LogP contribution in [0.25, 0.3) is 0 Å². The average molecular weight is 330 g/mol. The molecule has 0 unspecified atom stereocenters. The molecule has 2 aromatic rings. The van der Waals surface area contributed by atoms with Gasteiger partial charge in [-0.15, -0.1) is 11.3 Å². The van der Waals surface area contributed by atoms with Crippen LogP contribution in [0.15, 0.2) is 28.6 Å². The molecule has 0 fully saturated rings. The highest BCUT2D eigenvalue weighted by Crippen LogP contribution is 2.17. The van der Waals surface area contributed by atoms with E-state index in [2.05, 4.69) is 9.71 Å². The Hall–Kier alpha value is -1.84. The van der Waals surface area contributed by atoms with E-state index >= 15 is 0 Å². The molecule has 2 N–H and O–H groups in total. The Balaban J connectivity index is 2.26. The molecule has 1 heterocycles. The first-order valence-corrected chi connectivity index (χ1v) is 8.09. The summed E-state index contributed by atoms with van der Waals surface area (Å²) in [4.78, 5) is 15.3. The maximum Gasteiger partial charge on any atom is 0.338 e. The van der Waals surface area contributed by atoms with Gasteiger partial charge in [0.2, 0.25) is 10.0 Å². The predicted octanol–water partition coefficient (Wildman–Crippen LogP) is 1.77. The standard InChI is InChI=1S/C12H11FN2O4S2/c1-7-11(20-6-14-7)5-15-21(18,19)8-2-3-10(13)9(4-8)12(16)17/h2-4,6,15H,5H2,1H3,(H,16,17). The number of nitrogens with one attached hydrogen (secondary N) is 1. The molecule has 2 rings (SSSR count). The Bertz CT molecular complexity index is 786. The van der Waals surface area contributed by atoms with E-state index in [1.165, 1.54) is 11.3 Å². The van der Waals surface area contributed by atoms with Gasteiger partial charge < -0.3 is 5.11 Å². The van der Waals surface area contributed by atoms with Crippen LogP contribution in [0, 0.1) is 12.7 Å². The number of hydrogen-bond donors (Lipinski definition) is 2. The normalized spacial score (nSPS) is 11.5. The lowest BCUT2D eigenvalue weighted by atomic mass is 10.2. The molecule has 0 aliphatic rings. The monoisotopic (exact) mass is 330 g/mol. The van der Waals surface area contributed by atoms with Crippen LogP contribution in [0.2, 0.25) is 0 Å². The van der Waals surface area contributed by atoms with Crippen LogP contribution in [0.1, 0.15) is 20.9 Å². The maximum absolute atomic E-state index is 13.3. The number of sulfonamides is 1. The number of aryl methyl sites for hydroxylation is 1. The summed E-state index contributed by atoms with van der Waals surface area (Å²) >= 11 is 1.30. The lowest BCUT2D eigenvalue weighted by molar-refractivity contribution is 0.0691. The summed E-state index contributed by atoms with van der Waals surface area (Å²) in [7, 11) is -3.93. The van der Waals surface area contributed by atoms with Gasteiger partial charge in [0, 0.05) is 11.4 Å². The molecule has 0 radical (unpaired) electrons. The third-order valence-electron chi connectivity index (χ3n) is 2.75. The molecule has 112 valence electrons. The third kappa shape index (κ3) is 3.43. The van der Waals surface area contributed by atoms with Gasteiger partial charge in [0.1, 0.15) is 5.82 Å². The van der Waals surface area contributed by atoms with Gasteiger partial charge in [-0.3, -0.25) is 0 Å². The van der Waals surface area contributed by atoms with E-state index in [0.717, 1.165) is 23.1 Å². The minimum absolute atomic E-state index is 0.0403. The van der Waals surface area contributed by atoms with Crippen molar-refractivity contribution in [1.82, 2.24) is 9.71 Å². The van der Waals surface area contributed by atoms with E-state index in [0.29, 0.717) is 5.69 Å². The van der Waals surface area contributed by atoms with Crippen molar-refractivity contribution in [2.24, 2.45) is 0 Å². The minimum atomic E-state index is -3.93. The van der Waals surface area contributed by atoms with Gasteiger partial charge in [0.05, 0.1) is 21.7 Å². The molecule has 0 aliphatic heterocycles. The number of carboxylic acids is 1. The molecule has 1 aromatic heterocycles. The SMILES string of the molecule is Cc1ncsc1CNS(=O)(=O)c1ccc(F)c(C(=O)O)c1. The van der Waals surface area contributed by atoms with Crippen molar-refractivity contribution in [3.8, 4) is 0 Å². The largest absolute Gasteiger partial charge is 0.478 e. The van der Waals surface area contributed by atoms with Gasteiger partial charge in [-0.2, -0.15) is 0 Å². The number of halogens is 1. The van der Waals surface area contributed by atoms with Crippen LogP contribution in [-0.4, -0.2) is 24.5 Å². The summed E-state index contributed by atoms with van der Waals surface area (Å²) in [5.41, 5.74) is 1.62. The quantitative estimate of drug-likeness (QED) is 0.871. The number of carbonyl (C=O) groups is 1. The van der Waals surface area contributed by atoms with Crippen molar-refractivity contribution < 1.29 is 22.7 Å². The van der Waals surface area contributed by atoms with Crippen molar-refractivity contribution in [3.63, 3.8) is 0 Å². The van der Waals surface area contributed by atoms with E-state index in [9.17, 15) is 17.6 Å². The Labute approximate surface area is 124 Å². The second kappa shape index (κ2) is 5.88. The number of aromatic nitrogens is 1. The number of nitrogens with zero attached hydrogens (tertiary/aromatic N) is 1. The highest BCUT2D eigenvalue weighted by Gasteiger charge is 2.19. The molecule has 0 aliphatic carbocycles. The molecular weight excluding hydrogens is 319 g/mol. The highest BCUT2D eigenvalue weighted by molar-refractivity contribution is 7.89. The molecule has 21 heavy (non-hydrogen) atoms. The van der Waals surface area contributed by atoms with Gasteiger partial charge >= 0.3 is 5.97 Å². The van der Waals surface area contributed by atoms with E-state index in [1.807, 2.05) is 0 Å². The second-order valence-electron chi connectivity index (χ2n) is 4.13. The van der Waals surface area contributed by atoms with Gasteiger partial charge in [-0.25, -0.2) is 27.3 Å². The summed E-state index contributed by atoms with van der Waals surface area (Å²) in [5, 5.41) is 8.81. The number of hydrogen-bond acceptors (Lipinski definition) is 5. The molecule has 0 bridgehead atoms. The van der Waals surface area contributed by atoms with Crippen molar-refractivity contribution in [1.29, 1.82) is 0 Å². The number of thiazole rings is 1. The zero-order valence-electron chi connectivity index (χ0n) is 10.8. The van der Waals surface area contributed by atoms with Gasteiger partial charge in [0.25, 0.3) is 0 Å². The fourth-order valence-corrected chi connectivity index (χ4v) is 3.40. The lowest BCUT2D eigenvalue weighted by Gasteiger charge is -2.07. The van der Waals surface area contributed by atoms with Crippen LogP contribution in [0.3, 0.4) is 0 Å². The highest BCUT2D eigenvalue weighted by atomic mass is 32.2. The summed E-state index contributed by atoms with van der Waals surface area (Å²) in [6.07, 6.45) is 0. The summed E-state index contributed by atoms with van der Waals surface area (Å²) < 4.78 is 39.8. The first kappa shape index (κ1) is 15.5.